The summed E-state index contributed by atoms with van der Waals surface area (Å²) in [5.74, 6) is 0. The molecule has 1 fully saturated rings. The fourth-order valence-electron chi connectivity index (χ4n) is 2.57. The number of amides is 2. The van der Waals surface area contributed by atoms with Crippen molar-refractivity contribution in [1.82, 2.24) is 9.88 Å². The normalized spacial score (nSPS) is 19.3. The molecule has 2 amide bonds. The van der Waals surface area contributed by atoms with Gasteiger partial charge in [-0.15, -0.1) is 0 Å². The topological polar surface area (TPSA) is 72.4 Å². The minimum Gasteiger partial charge on any atom is -0.376 e. The molecule has 21 heavy (non-hydrogen) atoms. The molecule has 2 rings (SSSR count). The Balaban J connectivity index is 2.04. The molecule has 0 aliphatic carbocycles. The summed E-state index contributed by atoms with van der Waals surface area (Å²) in [5, 5.41) is 5.58. The third kappa shape index (κ3) is 3.64. The van der Waals surface area contributed by atoms with Crippen LogP contribution in [0.4, 0.5) is 10.5 Å². The van der Waals surface area contributed by atoms with Crippen molar-refractivity contribution < 1.29 is 9.53 Å². The van der Waals surface area contributed by atoms with E-state index in [1.807, 2.05) is 6.92 Å². The Morgan fingerprint density at radius 3 is 2.95 bits per heavy atom. The lowest BCUT2D eigenvalue weighted by Crippen LogP contribution is -2.45. The first kappa shape index (κ1) is 15.6. The van der Waals surface area contributed by atoms with Crippen molar-refractivity contribution in [1.29, 1.82) is 0 Å². The standard InChI is InChI=1S/C15H23N3O3/c1-4-11(12-6-5-9-21-12)16-15(20)17-13-10(2)7-8-18(3)14(13)19/h7-8,11-12H,4-6,9H2,1-3H3,(H2,16,17,20). The van der Waals surface area contributed by atoms with E-state index in [0.717, 1.165) is 31.4 Å². The van der Waals surface area contributed by atoms with E-state index in [2.05, 4.69) is 10.6 Å². The Bertz CT molecular complexity index is 562. The van der Waals surface area contributed by atoms with Crippen molar-refractivity contribution in [3.63, 3.8) is 0 Å². The first-order valence-electron chi connectivity index (χ1n) is 7.38. The summed E-state index contributed by atoms with van der Waals surface area (Å²) in [7, 11) is 1.66. The zero-order chi connectivity index (χ0) is 15.4. The highest BCUT2D eigenvalue weighted by molar-refractivity contribution is 5.90. The molecular weight excluding hydrogens is 270 g/mol. The van der Waals surface area contributed by atoms with Gasteiger partial charge in [0, 0.05) is 19.9 Å². The van der Waals surface area contributed by atoms with Crippen molar-refractivity contribution in [3.05, 3.63) is 28.2 Å². The molecule has 0 bridgehead atoms. The van der Waals surface area contributed by atoms with Crippen LogP contribution >= 0.6 is 0 Å². The van der Waals surface area contributed by atoms with Gasteiger partial charge in [-0.3, -0.25) is 4.79 Å². The molecule has 2 unspecified atom stereocenters. The fraction of sp³-hybridized carbons (Fsp3) is 0.600. The number of urea groups is 1. The SMILES string of the molecule is CCC(NC(=O)Nc1c(C)ccn(C)c1=O)C1CCCO1. The Kier molecular flexibility index (Phi) is 5.01. The molecule has 0 radical (unpaired) electrons. The third-order valence-electron chi connectivity index (χ3n) is 3.89. The first-order valence-corrected chi connectivity index (χ1v) is 7.38. The Morgan fingerprint density at radius 1 is 1.57 bits per heavy atom. The summed E-state index contributed by atoms with van der Waals surface area (Å²) >= 11 is 0. The largest absolute Gasteiger partial charge is 0.376 e. The Hall–Kier alpha value is -1.82. The second kappa shape index (κ2) is 6.76. The van der Waals surface area contributed by atoms with E-state index in [-0.39, 0.29) is 23.7 Å². The summed E-state index contributed by atoms with van der Waals surface area (Å²) in [6, 6.07) is 1.41. The highest BCUT2D eigenvalue weighted by Crippen LogP contribution is 2.17. The minimum absolute atomic E-state index is 0.0274. The van der Waals surface area contributed by atoms with Crippen LogP contribution in [0.25, 0.3) is 0 Å². The van der Waals surface area contributed by atoms with E-state index in [4.69, 9.17) is 4.74 Å². The molecule has 6 nitrogen and oxygen atoms in total. The van der Waals surface area contributed by atoms with Crippen LogP contribution in [0.3, 0.4) is 0 Å². The quantitative estimate of drug-likeness (QED) is 0.888. The number of carbonyl (C=O) groups is 1. The molecule has 2 atom stereocenters. The van der Waals surface area contributed by atoms with Gasteiger partial charge in [-0.2, -0.15) is 0 Å². The zero-order valence-electron chi connectivity index (χ0n) is 12.8. The second-order valence-electron chi connectivity index (χ2n) is 5.45. The molecule has 116 valence electrons. The number of anilines is 1. The lowest BCUT2D eigenvalue weighted by Gasteiger charge is -2.23. The summed E-state index contributed by atoms with van der Waals surface area (Å²) < 4.78 is 7.06. The number of nitrogens with zero attached hydrogens (tertiary/aromatic N) is 1. The van der Waals surface area contributed by atoms with E-state index >= 15 is 0 Å². The van der Waals surface area contributed by atoms with Crippen LogP contribution in [0.2, 0.25) is 0 Å². The second-order valence-corrected chi connectivity index (χ2v) is 5.45. The van der Waals surface area contributed by atoms with Gasteiger partial charge in [0.25, 0.3) is 5.56 Å². The number of rotatable bonds is 4. The van der Waals surface area contributed by atoms with Crippen LogP contribution in [0.15, 0.2) is 17.1 Å². The number of hydrogen-bond acceptors (Lipinski definition) is 3. The maximum Gasteiger partial charge on any atom is 0.319 e. The molecule has 1 aliphatic heterocycles. The molecule has 1 aromatic heterocycles. The van der Waals surface area contributed by atoms with Crippen LogP contribution in [0.5, 0.6) is 0 Å². The van der Waals surface area contributed by atoms with Gasteiger partial charge in [0.15, 0.2) is 0 Å². The predicted molar refractivity (Wildman–Crippen MR) is 81.6 cm³/mol. The lowest BCUT2D eigenvalue weighted by atomic mass is 10.1. The summed E-state index contributed by atoms with van der Waals surface area (Å²) in [6.07, 6.45) is 4.54. The molecule has 0 aromatic carbocycles. The summed E-state index contributed by atoms with van der Waals surface area (Å²) in [5.41, 5.74) is 0.855. The van der Waals surface area contributed by atoms with Crippen molar-refractivity contribution in [2.45, 2.75) is 45.3 Å². The Labute approximate surface area is 124 Å². The monoisotopic (exact) mass is 293 g/mol. The van der Waals surface area contributed by atoms with Gasteiger partial charge in [-0.1, -0.05) is 6.92 Å². The molecule has 1 saturated heterocycles. The Morgan fingerprint density at radius 2 is 2.33 bits per heavy atom. The zero-order valence-corrected chi connectivity index (χ0v) is 12.8. The van der Waals surface area contributed by atoms with Crippen LogP contribution in [0.1, 0.15) is 31.7 Å². The highest BCUT2D eigenvalue weighted by Gasteiger charge is 2.26. The molecule has 0 spiro atoms. The van der Waals surface area contributed by atoms with Gasteiger partial charge in [0.1, 0.15) is 5.69 Å². The average Bonchev–Trinajstić information content (AvgIpc) is 2.99. The van der Waals surface area contributed by atoms with Gasteiger partial charge < -0.3 is 19.9 Å². The molecule has 2 N–H and O–H groups in total. The average molecular weight is 293 g/mol. The number of hydrogen-bond donors (Lipinski definition) is 2. The molecule has 6 heteroatoms. The maximum absolute atomic E-state index is 12.1. The van der Waals surface area contributed by atoms with Crippen LogP contribution in [-0.4, -0.2) is 29.4 Å². The molecule has 0 saturated carbocycles. The minimum atomic E-state index is -0.358. The third-order valence-corrected chi connectivity index (χ3v) is 3.89. The number of ether oxygens (including phenoxy) is 1. The van der Waals surface area contributed by atoms with Crippen molar-refractivity contribution in [2.24, 2.45) is 7.05 Å². The van der Waals surface area contributed by atoms with E-state index in [0.29, 0.717) is 5.69 Å². The van der Waals surface area contributed by atoms with E-state index in [1.54, 1.807) is 26.2 Å². The number of nitrogens with one attached hydrogen (secondary N) is 2. The molecule has 1 aromatic rings. The predicted octanol–water partition coefficient (Wildman–Crippen LogP) is 1.77. The number of pyridine rings is 1. The molecule has 2 heterocycles. The highest BCUT2D eigenvalue weighted by atomic mass is 16.5. The van der Waals surface area contributed by atoms with E-state index < -0.39 is 0 Å². The van der Waals surface area contributed by atoms with E-state index in [9.17, 15) is 9.59 Å². The number of aryl methyl sites for hydroxylation is 2. The smallest absolute Gasteiger partial charge is 0.319 e. The van der Waals surface area contributed by atoms with Crippen molar-refractivity contribution >= 4 is 11.7 Å². The summed E-state index contributed by atoms with van der Waals surface area (Å²) in [6.45, 7) is 4.57. The van der Waals surface area contributed by atoms with Gasteiger partial charge >= 0.3 is 6.03 Å². The number of aromatic nitrogens is 1. The van der Waals surface area contributed by atoms with Gasteiger partial charge in [-0.05, 0) is 37.8 Å². The van der Waals surface area contributed by atoms with Crippen molar-refractivity contribution in [2.75, 3.05) is 11.9 Å². The van der Waals surface area contributed by atoms with Crippen LogP contribution in [0, 0.1) is 6.92 Å². The summed E-state index contributed by atoms with van der Waals surface area (Å²) in [4.78, 5) is 24.2. The number of carbonyl (C=O) groups excluding carboxylic acids is 1. The van der Waals surface area contributed by atoms with Gasteiger partial charge in [0.05, 0.1) is 12.1 Å². The lowest BCUT2D eigenvalue weighted by molar-refractivity contribution is 0.0804. The van der Waals surface area contributed by atoms with Crippen LogP contribution < -0.4 is 16.2 Å². The molecular formula is C15H23N3O3. The fourth-order valence-corrected chi connectivity index (χ4v) is 2.57. The van der Waals surface area contributed by atoms with Crippen molar-refractivity contribution in [3.8, 4) is 0 Å². The maximum atomic E-state index is 12.1. The molecule has 1 aliphatic rings. The first-order chi connectivity index (χ1) is 10.0. The van der Waals surface area contributed by atoms with E-state index in [1.165, 1.54) is 4.57 Å². The van der Waals surface area contributed by atoms with Gasteiger partial charge in [0.2, 0.25) is 0 Å². The van der Waals surface area contributed by atoms with Gasteiger partial charge in [-0.25, -0.2) is 4.79 Å². The van der Waals surface area contributed by atoms with Crippen LogP contribution in [-0.2, 0) is 11.8 Å².